The molecule has 4 aromatic rings. The van der Waals surface area contributed by atoms with E-state index in [1.165, 1.54) is 25.5 Å². The molecule has 0 radical (unpaired) electrons. The third-order valence-electron chi connectivity index (χ3n) is 5.46. The summed E-state index contributed by atoms with van der Waals surface area (Å²) in [4.78, 5) is 23.1. The van der Waals surface area contributed by atoms with Crippen LogP contribution in [0.2, 0.25) is 0 Å². The summed E-state index contributed by atoms with van der Waals surface area (Å²) < 4.78 is 18.9. The average Bonchev–Trinajstić information content (AvgIpc) is 3.49. The number of aromatic nitrogens is 1. The molecule has 11 heteroatoms. The van der Waals surface area contributed by atoms with Crippen LogP contribution in [-0.2, 0) is 6.61 Å². The zero-order chi connectivity index (χ0) is 26.5. The van der Waals surface area contributed by atoms with Crippen molar-refractivity contribution in [1.29, 1.82) is 0 Å². The number of methoxy groups -OCH3 is 1. The Morgan fingerprint density at radius 2 is 1.84 bits per heavy atom. The van der Waals surface area contributed by atoms with Gasteiger partial charge >= 0.3 is 11.6 Å². The molecule has 10 nitrogen and oxygen atoms in total. The Morgan fingerprint density at radius 3 is 2.49 bits per heavy atom. The summed E-state index contributed by atoms with van der Waals surface area (Å²) in [5.41, 5.74) is 5.84. The number of hydrazone groups is 1. The van der Waals surface area contributed by atoms with Gasteiger partial charge in [0.05, 0.1) is 22.7 Å². The van der Waals surface area contributed by atoms with Gasteiger partial charge in [-0.05, 0) is 84.4 Å². The van der Waals surface area contributed by atoms with E-state index in [1.807, 2.05) is 24.3 Å². The highest BCUT2D eigenvalue weighted by atomic mass is 79.9. The molecule has 1 N–H and O–H groups in total. The normalized spacial score (nSPS) is 11.0. The number of rotatable bonds is 9. The van der Waals surface area contributed by atoms with Crippen LogP contribution in [-0.4, -0.2) is 28.7 Å². The Labute approximate surface area is 220 Å². The van der Waals surface area contributed by atoms with E-state index in [-0.39, 0.29) is 23.8 Å². The molecule has 0 atom stereocenters. The van der Waals surface area contributed by atoms with E-state index in [9.17, 15) is 14.9 Å². The average molecular weight is 567 g/mol. The second kappa shape index (κ2) is 11.1. The maximum absolute atomic E-state index is 12.4. The lowest BCUT2D eigenvalue weighted by atomic mass is 10.2. The number of nitrogens with zero attached hydrogens (tertiary/aromatic N) is 3. The van der Waals surface area contributed by atoms with Crippen LogP contribution in [0.1, 0.15) is 33.3 Å². The van der Waals surface area contributed by atoms with E-state index in [4.69, 9.17) is 13.9 Å². The number of carbonyl (C=O) groups excluding carboxylic acids is 1. The number of hydrogen-bond acceptors (Lipinski definition) is 7. The van der Waals surface area contributed by atoms with Crippen molar-refractivity contribution in [3.05, 3.63) is 104 Å². The number of nitrogens with one attached hydrogen (secondary N) is 1. The Balaban J connectivity index is 1.34. The summed E-state index contributed by atoms with van der Waals surface area (Å²) >= 11 is 3.23. The fourth-order valence-electron chi connectivity index (χ4n) is 3.73. The summed E-state index contributed by atoms with van der Waals surface area (Å²) in [6, 6.07) is 17.9. The van der Waals surface area contributed by atoms with E-state index in [0.717, 1.165) is 17.1 Å². The third kappa shape index (κ3) is 5.89. The molecule has 4 rings (SSSR count). The van der Waals surface area contributed by atoms with Gasteiger partial charge in [0, 0.05) is 28.7 Å². The van der Waals surface area contributed by atoms with Gasteiger partial charge in [0.1, 0.15) is 18.1 Å². The van der Waals surface area contributed by atoms with E-state index in [0.29, 0.717) is 21.5 Å². The number of amides is 1. The second-order valence-electron chi connectivity index (χ2n) is 8.01. The summed E-state index contributed by atoms with van der Waals surface area (Å²) in [7, 11) is 1.34. The number of halogens is 1. The highest BCUT2D eigenvalue weighted by Gasteiger charge is 2.19. The molecule has 0 aliphatic carbocycles. The van der Waals surface area contributed by atoms with Gasteiger partial charge in [-0.25, -0.2) is 5.43 Å². The van der Waals surface area contributed by atoms with Gasteiger partial charge in [-0.1, -0.05) is 0 Å². The summed E-state index contributed by atoms with van der Waals surface area (Å²) in [5.74, 6) is 0.694. The lowest BCUT2D eigenvalue weighted by molar-refractivity contribution is -0.385. The van der Waals surface area contributed by atoms with Crippen LogP contribution in [0.4, 0.5) is 5.69 Å². The van der Waals surface area contributed by atoms with Crippen LogP contribution in [0.25, 0.3) is 5.69 Å². The van der Waals surface area contributed by atoms with Gasteiger partial charge < -0.3 is 18.5 Å². The minimum absolute atomic E-state index is 0.0477. The van der Waals surface area contributed by atoms with Crippen LogP contribution >= 0.6 is 15.9 Å². The maximum Gasteiger partial charge on any atom is 0.312 e. The van der Waals surface area contributed by atoms with E-state index in [1.54, 1.807) is 12.1 Å². The highest BCUT2D eigenvalue weighted by Crippen LogP contribution is 2.35. The standard InChI is InChI=1S/C26H23BrN4O6/c1-16-4-5-17(2)30(16)19-6-8-20(9-7-19)36-15-21-10-11-24(37-21)26(32)29-28-14-18-12-22(27)25(35-3)23(13-18)31(33)34/h4-14H,15H2,1-3H3,(H,29,32)/b28-14+. The smallest absolute Gasteiger partial charge is 0.312 e. The molecule has 2 aromatic heterocycles. The molecule has 0 spiro atoms. The molecular weight excluding hydrogens is 544 g/mol. The number of carbonyl (C=O) groups is 1. The number of nitro groups is 1. The summed E-state index contributed by atoms with van der Waals surface area (Å²) in [5, 5.41) is 15.1. The lowest BCUT2D eigenvalue weighted by Gasteiger charge is -2.10. The van der Waals surface area contributed by atoms with Gasteiger partial charge in [0.15, 0.2) is 5.76 Å². The number of benzene rings is 2. The Bertz CT molecular complexity index is 1450. The first-order valence-electron chi connectivity index (χ1n) is 11.1. The molecule has 0 fully saturated rings. The first-order valence-corrected chi connectivity index (χ1v) is 11.9. The molecule has 0 bridgehead atoms. The molecule has 0 saturated carbocycles. The number of furan rings is 1. The van der Waals surface area contributed by atoms with Crippen LogP contribution in [0.3, 0.4) is 0 Å². The highest BCUT2D eigenvalue weighted by molar-refractivity contribution is 9.10. The van der Waals surface area contributed by atoms with Crippen LogP contribution in [0.5, 0.6) is 11.5 Å². The molecular formula is C26H23BrN4O6. The number of ether oxygens (including phenoxy) is 2. The van der Waals surface area contributed by atoms with E-state index >= 15 is 0 Å². The van der Waals surface area contributed by atoms with Crippen molar-refractivity contribution in [2.45, 2.75) is 20.5 Å². The molecule has 0 unspecified atom stereocenters. The number of aryl methyl sites for hydroxylation is 2. The Morgan fingerprint density at radius 1 is 1.14 bits per heavy atom. The zero-order valence-corrected chi connectivity index (χ0v) is 21.8. The third-order valence-corrected chi connectivity index (χ3v) is 6.05. The quantitative estimate of drug-likeness (QED) is 0.157. The lowest BCUT2D eigenvalue weighted by Crippen LogP contribution is -2.16. The van der Waals surface area contributed by atoms with Crippen molar-refractivity contribution in [2.75, 3.05) is 7.11 Å². The fraction of sp³-hybridized carbons (Fsp3) is 0.154. The summed E-state index contributed by atoms with van der Waals surface area (Å²) in [6.07, 6.45) is 1.28. The monoisotopic (exact) mass is 566 g/mol. The van der Waals surface area contributed by atoms with Crippen LogP contribution in [0, 0.1) is 24.0 Å². The first-order chi connectivity index (χ1) is 17.8. The minimum Gasteiger partial charge on any atom is -0.489 e. The number of nitro benzene ring substituents is 1. The molecule has 0 aliphatic heterocycles. The first kappa shape index (κ1) is 25.7. The SMILES string of the molecule is COc1c(Br)cc(/C=N/NC(=O)c2ccc(COc3ccc(-n4c(C)ccc4C)cc3)o2)cc1[N+](=O)[O-]. The van der Waals surface area contributed by atoms with Gasteiger partial charge in [-0.15, -0.1) is 0 Å². The van der Waals surface area contributed by atoms with Gasteiger partial charge in [-0.3, -0.25) is 14.9 Å². The number of hydrogen-bond donors (Lipinski definition) is 1. The molecule has 2 aromatic carbocycles. The molecule has 0 saturated heterocycles. The molecule has 37 heavy (non-hydrogen) atoms. The van der Waals surface area contributed by atoms with Crippen LogP contribution in [0.15, 0.2) is 74.7 Å². The molecule has 190 valence electrons. The van der Waals surface area contributed by atoms with E-state index < -0.39 is 10.8 Å². The zero-order valence-electron chi connectivity index (χ0n) is 20.2. The molecule has 1 amide bonds. The minimum atomic E-state index is -0.577. The fourth-order valence-corrected chi connectivity index (χ4v) is 4.36. The topological polar surface area (TPSA) is 121 Å². The Kier molecular flexibility index (Phi) is 7.73. The van der Waals surface area contributed by atoms with E-state index in [2.05, 4.69) is 57.0 Å². The van der Waals surface area contributed by atoms with Crippen molar-refractivity contribution in [3.8, 4) is 17.2 Å². The molecule has 0 aliphatic rings. The van der Waals surface area contributed by atoms with Crippen molar-refractivity contribution in [2.24, 2.45) is 5.10 Å². The van der Waals surface area contributed by atoms with Gasteiger partial charge in [-0.2, -0.15) is 5.10 Å². The van der Waals surface area contributed by atoms with Gasteiger partial charge in [0.2, 0.25) is 5.75 Å². The summed E-state index contributed by atoms with van der Waals surface area (Å²) in [6.45, 7) is 4.25. The van der Waals surface area contributed by atoms with Crippen molar-refractivity contribution in [1.82, 2.24) is 9.99 Å². The van der Waals surface area contributed by atoms with Crippen molar-refractivity contribution >= 4 is 33.7 Å². The Hall–Kier alpha value is -4.38. The van der Waals surface area contributed by atoms with Crippen molar-refractivity contribution in [3.63, 3.8) is 0 Å². The van der Waals surface area contributed by atoms with Crippen molar-refractivity contribution < 1.29 is 23.6 Å². The predicted octanol–water partition coefficient (Wildman–Crippen LogP) is 5.71. The van der Waals surface area contributed by atoms with Crippen LogP contribution < -0.4 is 14.9 Å². The molecule has 2 heterocycles. The largest absolute Gasteiger partial charge is 0.489 e. The second-order valence-corrected chi connectivity index (χ2v) is 8.87. The van der Waals surface area contributed by atoms with Gasteiger partial charge in [0.25, 0.3) is 0 Å². The predicted molar refractivity (Wildman–Crippen MR) is 141 cm³/mol. The maximum atomic E-state index is 12.4.